The summed E-state index contributed by atoms with van der Waals surface area (Å²) >= 11 is 0. The molecule has 4 aromatic carbocycles. The van der Waals surface area contributed by atoms with Gasteiger partial charge in [-0.05, 0) is 105 Å². The van der Waals surface area contributed by atoms with Crippen LogP contribution in [0, 0.1) is 11.6 Å². The normalized spacial score (nSPS) is 16.9. The lowest BCUT2D eigenvalue weighted by Crippen LogP contribution is -2.48. The van der Waals surface area contributed by atoms with Crippen molar-refractivity contribution >= 4 is 40.7 Å². The van der Waals surface area contributed by atoms with Crippen molar-refractivity contribution in [3.05, 3.63) is 125 Å². The molecule has 11 nitrogen and oxygen atoms in total. The summed E-state index contributed by atoms with van der Waals surface area (Å²) in [7, 11) is 0. The number of rotatable bonds is 18. The van der Waals surface area contributed by atoms with Gasteiger partial charge in [-0.1, -0.05) is 82.3 Å². The summed E-state index contributed by atoms with van der Waals surface area (Å²) in [6, 6.07) is 26.7. The Morgan fingerprint density at radius 1 is 0.656 bits per heavy atom. The number of anilines is 3. The van der Waals surface area contributed by atoms with Crippen molar-refractivity contribution < 1.29 is 28.0 Å². The lowest BCUT2D eigenvalue weighted by molar-refractivity contribution is -0.141. The standard InChI is InChI=1S/C48H59F2N7O4/c1-5-53(6-2)33-44(58)56-28-12-16-42(56)46(59)51-37-22-18-34(19-23-37)31-55(39-26-27-40(49)41(50)30-39)32-35-20-24-38(25-21-35)52-47(60)43-17-13-29-57(43)48(61)45(54(7-3)8-4)36-14-10-9-11-15-36/h9-11,14-15,18-27,30,42-43,45H,5-8,12-13,16-17,28-29,31-33H2,1-4H3,(H,51,59)(H,52,60)/t42-,43-,45+/m0/s1. The SMILES string of the molecule is CCN(CC)CC(=O)N1CCC[C@H]1C(=O)Nc1ccc(CN(Cc2ccc(NC(=O)[C@@H]3CCCN3C(=O)[C@@H](c3ccccc3)N(CC)CC)cc2)c2ccc(F)c(F)c2)cc1. The molecule has 6 rings (SSSR count). The van der Waals surface area contributed by atoms with Crippen molar-refractivity contribution in [1.29, 1.82) is 0 Å². The highest BCUT2D eigenvalue weighted by Crippen LogP contribution is 2.30. The van der Waals surface area contributed by atoms with Gasteiger partial charge in [0, 0.05) is 49.3 Å². The van der Waals surface area contributed by atoms with Crippen molar-refractivity contribution in [3.8, 4) is 0 Å². The van der Waals surface area contributed by atoms with Crippen molar-refractivity contribution in [1.82, 2.24) is 19.6 Å². The summed E-state index contributed by atoms with van der Waals surface area (Å²) in [5.74, 6) is -2.47. The van der Waals surface area contributed by atoms with Gasteiger partial charge in [0.2, 0.25) is 23.6 Å². The highest BCUT2D eigenvalue weighted by atomic mass is 19.2. The Labute approximate surface area is 358 Å². The number of nitrogens with one attached hydrogen (secondary N) is 2. The van der Waals surface area contributed by atoms with Crippen LogP contribution in [0.1, 0.15) is 76.1 Å². The van der Waals surface area contributed by atoms with Crippen molar-refractivity contribution in [2.75, 3.05) is 61.3 Å². The second-order valence-electron chi connectivity index (χ2n) is 15.8. The first-order valence-electron chi connectivity index (χ1n) is 21.6. The maximum Gasteiger partial charge on any atom is 0.247 e. The van der Waals surface area contributed by atoms with Crippen LogP contribution in [-0.2, 0) is 32.3 Å². The summed E-state index contributed by atoms with van der Waals surface area (Å²) in [5.41, 5.74) is 4.30. The predicted octanol–water partition coefficient (Wildman–Crippen LogP) is 7.46. The topological polar surface area (TPSA) is 109 Å². The first kappa shape index (κ1) is 44.9. The van der Waals surface area contributed by atoms with Gasteiger partial charge in [0.05, 0.1) is 6.54 Å². The average Bonchev–Trinajstić information content (AvgIpc) is 3.99. The Bertz CT molecular complexity index is 2100. The number of amides is 4. The quantitative estimate of drug-likeness (QED) is 0.107. The third kappa shape index (κ3) is 11.2. The number of benzene rings is 4. The molecule has 2 saturated heterocycles. The first-order chi connectivity index (χ1) is 29.5. The number of likely N-dealkylation sites (tertiary alicyclic amines) is 2. The molecule has 4 amide bonds. The van der Waals surface area contributed by atoms with E-state index < -0.39 is 29.8 Å². The van der Waals surface area contributed by atoms with E-state index in [0.717, 1.165) is 48.7 Å². The van der Waals surface area contributed by atoms with E-state index in [4.69, 9.17) is 0 Å². The zero-order valence-corrected chi connectivity index (χ0v) is 35.8. The second kappa shape index (κ2) is 21.2. The van der Waals surface area contributed by atoms with Gasteiger partial charge in [0.15, 0.2) is 11.6 Å². The number of halogens is 2. The van der Waals surface area contributed by atoms with Gasteiger partial charge in [-0.25, -0.2) is 8.78 Å². The van der Waals surface area contributed by atoms with Gasteiger partial charge in [-0.2, -0.15) is 0 Å². The van der Waals surface area contributed by atoms with Crippen LogP contribution >= 0.6 is 0 Å². The van der Waals surface area contributed by atoms with Crippen LogP contribution in [0.25, 0.3) is 0 Å². The Morgan fingerprint density at radius 2 is 1.18 bits per heavy atom. The number of carbonyl (C=O) groups excluding carboxylic acids is 4. The van der Waals surface area contributed by atoms with Crippen LogP contribution in [0.3, 0.4) is 0 Å². The highest BCUT2D eigenvalue weighted by Gasteiger charge is 2.39. The molecular weight excluding hydrogens is 777 g/mol. The van der Waals surface area contributed by atoms with Crippen LogP contribution in [0.4, 0.5) is 25.8 Å². The summed E-state index contributed by atoms with van der Waals surface area (Å²) in [5, 5.41) is 6.00. The molecule has 13 heteroatoms. The summed E-state index contributed by atoms with van der Waals surface area (Å²) in [6.45, 7) is 13.0. The molecule has 4 aromatic rings. The van der Waals surface area contributed by atoms with Crippen LogP contribution in [0.15, 0.2) is 97.1 Å². The van der Waals surface area contributed by atoms with Crippen molar-refractivity contribution in [3.63, 3.8) is 0 Å². The molecule has 324 valence electrons. The molecule has 2 aliphatic rings. The van der Waals surface area contributed by atoms with Crippen molar-refractivity contribution in [2.24, 2.45) is 0 Å². The molecule has 0 radical (unpaired) electrons. The molecule has 2 heterocycles. The third-order valence-electron chi connectivity index (χ3n) is 12.0. The van der Waals surface area contributed by atoms with Gasteiger partial charge >= 0.3 is 0 Å². The molecule has 61 heavy (non-hydrogen) atoms. The monoisotopic (exact) mass is 835 g/mol. The molecule has 0 saturated carbocycles. The summed E-state index contributed by atoms with van der Waals surface area (Å²) in [6.07, 6.45) is 2.69. The number of hydrogen-bond donors (Lipinski definition) is 2. The van der Waals surface area contributed by atoms with E-state index in [9.17, 15) is 28.0 Å². The van der Waals surface area contributed by atoms with Crippen LogP contribution in [0.5, 0.6) is 0 Å². The van der Waals surface area contributed by atoms with E-state index in [-0.39, 0.29) is 30.2 Å². The average molecular weight is 836 g/mol. The van der Waals surface area contributed by atoms with Crippen molar-refractivity contribution in [2.45, 2.75) is 84.6 Å². The molecule has 0 aromatic heterocycles. The fourth-order valence-corrected chi connectivity index (χ4v) is 8.46. The number of hydrogen-bond acceptors (Lipinski definition) is 7. The summed E-state index contributed by atoms with van der Waals surface area (Å²) in [4.78, 5) is 63.7. The minimum atomic E-state index is -0.957. The molecule has 0 unspecified atom stereocenters. The van der Waals surface area contributed by atoms with Gasteiger partial charge in [-0.15, -0.1) is 0 Å². The van der Waals surface area contributed by atoms with E-state index in [1.807, 2.05) is 92.1 Å². The molecule has 0 spiro atoms. The lowest BCUT2D eigenvalue weighted by Gasteiger charge is -2.34. The minimum absolute atomic E-state index is 0.0409. The predicted molar refractivity (Wildman–Crippen MR) is 236 cm³/mol. The molecule has 2 fully saturated rings. The molecule has 2 aliphatic heterocycles. The first-order valence-corrected chi connectivity index (χ1v) is 21.6. The third-order valence-corrected chi connectivity index (χ3v) is 12.0. The fraction of sp³-hybridized carbons (Fsp3) is 0.417. The van der Waals surface area contributed by atoms with Crippen LogP contribution in [-0.4, -0.2) is 101 Å². The second-order valence-corrected chi connectivity index (χ2v) is 15.8. The van der Waals surface area contributed by atoms with Gasteiger partial charge in [0.1, 0.15) is 18.1 Å². The van der Waals surface area contributed by atoms with E-state index in [2.05, 4.69) is 15.5 Å². The van der Waals surface area contributed by atoms with E-state index in [1.165, 1.54) is 12.1 Å². The smallest absolute Gasteiger partial charge is 0.247 e. The lowest BCUT2D eigenvalue weighted by atomic mass is 10.0. The number of carbonyl (C=O) groups is 4. The Hall–Kier alpha value is -5.66. The molecule has 0 aliphatic carbocycles. The van der Waals surface area contributed by atoms with E-state index >= 15 is 0 Å². The van der Waals surface area contributed by atoms with Gasteiger partial charge in [0.25, 0.3) is 0 Å². The Balaban J connectivity index is 1.10. The summed E-state index contributed by atoms with van der Waals surface area (Å²) < 4.78 is 28.6. The highest BCUT2D eigenvalue weighted by molar-refractivity contribution is 5.99. The van der Waals surface area contributed by atoms with E-state index in [0.29, 0.717) is 69.2 Å². The largest absolute Gasteiger partial charge is 0.363 e. The minimum Gasteiger partial charge on any atom is -0.363 e. The number of likely N-dealkylation sites (N-methyl/N-ethyl adjacent to an activating group) is 2. The molecule has 2 N–H and O–H groups in total. The zero-order chi connectivity index (χ0) is 43.5. The van der Waals surface area contributed by atoms with Crippen LogP contribution in [0.2, 0.25) is 0 Å². The maximum absolute atomic E-state index is 14.5. The Kier molecular flexibility index (Phi) is 15.6. The Morgan fingerprint density at radius 3 is 1.69 bits per heavy atom. The molecular formula is C48H59F2N7O4. The van der Waals surface area contributed by atoms with E-state index in [1.54, 1.807) is 34.1 Å². The van der Waals surface area contributed by atoms with Gasteiger partial charge in [-0.3, -0.25) is 29.0 Å². The molecule has 0 bridgehead atoms. The fourth-order valence-electron chi connectivity index (χ4n) is 8.46. The van der Waals surface area contributed by atoms with Gasteiger partial charge < -0.3 is 25.3 Å². The number of nitrogens with zero attached hydrogens (tertiary/aromatic N) is 5. The maximum atomic E-state index is 14.5. The van der Waals surface area contributed by atoms with Crippen LogP contribution < -0.4 is 15.5 Å². The molecule has 3 atom stereocenters. The zero-order valence-electron chi connectivity index (χ0n) is 35.8.